The zero-order valence-electron chi connectivity index (χ0n) is 13.7. The largest absolute Gasteiger partial charge is 0.382 e. The number of nitrogens with one attached hydrogen (secondary N) is 1. The topological polar surface area (TPSA) is 48.3 Å². The van der Waals surface area contributed by atoms with Gasteiger partial charge >= 0.3 is 0 Å². The molecule has 0 bridgehead atoms. The van der Waals surface area contributed by atoms with Gasteiger partial charge in [0.15, 0.2) is 0 Å². The van der Waals surface area contributed by atoms with Gasteiger partial charge in [0.05, 0.1) is 32.1 Å². The Hall–Kier alpha value is -0.910. The van der Waals surface area contributed by atoms with E-state index < -0.39 is 0 Å². The lowest BCUT2D eigenvalue weighted by Crippen LogP contribution is -2.35. The Bertz CT molecular complexity index is 408. The van der Waals surface area contributed by atoms with Crippen molar-refractivity contribution >= 4 is 0 Å². The van der Waals surface area contributed by atoms with Crippen LogP contribution in [-0.2, 0) is 22.6 Å². The standard InChI is InChI=1S/C15H29N3O2/c1-12-14(11-16-15(3,4)5)13(2)18(17-12)7-8-20-10-9-19-6/h16H,7-11H2,1-6H3. The molecule has 0 aliphatic rings. The third kappa shape index (κ3) is 5.61. The first-order chi connectivity index (χ1) is 9.35. The smallest absolute Gasteiger partial charge is 0.0701 e. The van der Waals surface area contributed by atoms with Gasteiger partial charge in [0, 0.05) is 30.5 Å². The van der Waals surface area contributed by atoms with Gasteiger partial charge in [-0.3, -0.25) is 4.68 Å². The Morgan fingerprint density at radius 3 is 2.45 bits per heavy atom. The second kappa shape index (κ2) is 7.76. The SMILES string of the molecule is COCCOCCn1nc(C)c(CNC(C)(C)C)c1C. The Kier molecular flexibility index (Phi) is 6.65. The van der Waals surface area contributed by atoms with E-state index in [9.17, 15) is 0 Å². The maximum absolute atomic E-state index is 5.49. The van der Waals surface area contributed by atoms with Crippen molar-refractivity contribution in [3.63, 3.8) is 0 Å². The van der Waals surface area contributed by atoms with Crippen molar-refractivity contribution in [1.82, 2.24) is 15.1 Å². The third-order valence-corrected chi connectivity index (χ3v) is 3.21. The molecular weight excluding hydrogens is 254 g/mol. The first kappa shape index (κ1) is 17.1. The number of rotatable bonds is 8. The minimum absolute atomic E-state index is 0.115. The van der Waals surface area contributed by atoms with E-state index in [4.69, 9.17) is 9.47 Å². The summed E-state index contributed by atoms with van der Waals surface area (Å²) in [5.74, 6) is 0. The number of methoxy groups -OCH3 is 1. The van der Waals surface area contributed by atoms with Crippen molar-refractivity contribution in [2.45, 2.75) is 53.2 Å². The van der Waals surface area contributed by atoms with Gasteiger partial charge in [0.25, 0.3) is 0 Å². The molecule has 5 heteroatoms. The normalized spacial score (nSPS) is 12.1. The van der Waals surface area contributed by atoms with Crippen LogP contribution in [-0.4, -0.2) is 42.2 Å². The fraction of sp³-hybridized carbons (Fsp3) is 0.800. The van der Waals surface area contributed by atoms with E-state index in [2.05, 4.69) is 45.0 Å². The number of hydrogen-bond acceptors (Lipinski definition) is 4. The predicted molar refractivity (Wildman–Crippen MR) is 81.0 cm³/mol. The quantitative estimate of drug-likeness (QED) is 0.742. The first-order valence-corrected chi connectivity index (χ1v) is 7.19. The van der Waals surface area contributed by atoms with Crippen molar-refractivity contribution in [2.75, 3.05) is 26.9 Å². The van der Waals surface area contributed by atoms with Crippen LogP contribution in [0.25, 0.3) is 0 Å². The van der Waals surface area contributed by atoms with Crippen molar-refractivity contribution < 1.29 is 9.47 Å². The highest BCUT2D eigenvalue weighted by molar-refractivity contribution is 5.24. The van der Waals surface area contributed by atoms with Crippen molar-refractivity contribution in [1.29, 1.82) is 0 Å². The highest BCUT2D eigenvalue weighted by Crippen LogP contribution is 2.14. The summed E-state index contributed by atoms with van der Waals surface area (Å²) in [6.07, 6.45) is 0. The summed E-state index contributed by atoms with van der Waals surface area (Å²) < 4.78 is 12.5. The Labute approximate surface area is 122 Å². The highest BCUT2D eigenvalue weighted by Gasteiger charge is 2.14. The van der Waals surface area contributed by atoms with E-state index in [0.29, 0.717) is 19.8 Å². The van der Waals surface area contributed by atoms with Gasteiger partial charge in [-0.1, -0.05) is 0 Å². The van der Waals surface area contributed by atoms with Crippen LogP contribution >= 0.6 is 0 Å². The molecule has 20 heavy (non-hydrogen) atoms. The predicted octanol–water partition coefficient (Wildman–Crippen LogP) is 2.05. The molecule has 0 saturated heterocycles. The molecule has 0 amide bonds. The fourth-order valence-corrected chi connectivity index (χ4v) is 1.96. The molecule has 1 aromatic rings. The molecule has 0 unspecified atom stereocenters. The second-order valence-corrected chi connectivity index (χ2v) is 6.08. The second-order valence-electron chi connectivity index (χ2n) is 6.08. The number of hydrogen-bond donors (Lipinski definition) is 1. The lowest BCUT2D eigenvalue weighted by Gasteiger charge is -2.20. The zero-order chi connectivity index (χ0) is 15.2. The monoisotopic (exact) mass is 283 g/mol. The minimum Gasteiger partial charge on any atom is -0.382 e. The van der Waals surface area contributed by atoms with Crippen LogP contribution < -0.4 is 5.32 Å². The van der Waals surface area contributed by atoms with Crippen LogP contribution in [0.3, 0.4) is 0 Å². The fourth-order valence-electron chi connectivity index (χ4n) is 1.96. The van der Waals surface area contributed by atoms with E-state index in [-0.39, 0.29) is 5.54 Å². The molecule has 0 atom stereocenters. The van der Waals surface area contributed by atoms with Crippen molar-refractivity contribution in [3.8, 4) is 0 Å². The van der Waals surface area contributed by atoms with Gasteiger partial charge in [0.1, 0.15) is 0 Å². The highest BCUT2D eigenvalue weighted by atomic mass is 16.5. The summed E-state index contributed by atoms with van der Waals surface area (Å²) in [7, 11) is 1.68. The maximum Gasteiger partial charge on any atom is 0.0701 e. The van der Waals surface area contributed by atoms with Crippen LogP contribution in [0.4, 0.5) is 0 Å². The summed E-state index contributed by atoms with van der Waals surface area (Å²) >= 11 is 0. The number of aryl methyl sites for hydroxylation is 1. The molecule has 1 aromatic heterocycles. The van der Waals surface area contributed by atoms with Gasteiger partial charge < -0.3 is 14.8 Å². The van der Waals surface area contributed by atoms with E-state index in [0.717, 1.165) is 18.8 Å². The summed E-state index contributed by atoms with van der Waals surface area (Å²) in [6, 6.07) is 0. The molecule has 1 rings (SSSR count). The molecule has 0 radical (unpaired) electrons. The van der Waals surface area contributed by atoms with Gasteiger partial charge in [-0.25, -0.2) is 0 Å². The number of ether oxygens (including phenoxy) is 2. The van der Waals surface area contributed by atoms with E-state index in [1.54, 1.807) is 7.11 Å². The van der Waals surface area contributed by atoms with Gasteiger partial charge in [-0.05, 0) is 34.6 Å². The van der Waals surface area contributed by atoms with Crippen LogP contribution in [0.15, 0.2) is 0 Å². The lowest BCUT2D eigenvalue weighted by molar-refractivity contribution is 0.0651. The molecule has 0 saturated carbocycles. The van der Waals surface area contributed by atoms with Crippen LogP contribution in [0.1, 0.15) is 37.7 Å². The van der Waals surface area contributed by atoms with Crippen molar-refractivity contribution in [2.24, 2.45) is 0 Å². The number of nitrogens with zero attached hydrogens (tertiary/aromatic N) is 2. The maximum atomic E-state index is 5.49. The van der Waals surface area contributed by atoms with E-state index >= 15 is 0 Å². The minimum atomic E-state index is 0.115. The average molecular weight is 283 g/mol. The van der Waals surface area contributed by atoms with Crippen LogP contribution in [0.5, 0.6) is 0 Å². The lowest BCUT2D eigenvalue weighted by atomic mass is 10.1. The van der Waals surface area contributed by atoms with E-state index in [1.165, 1.54) is 11.3 Å². The summed E-state index contributed by atoms with van der Waals surface area (Å²) in [5, 5.41) is 8.11. The summed E-state index contributed by atoms with van der Waals surface area (Å²) in [4.78, 5) is 0. The van der Waals surface area contributed by atoms with Gasteiger partial charge in [0.2, 0.25) is 0 Å². The molecule has 0 aromatic carbocycles. The van der Waals surface area contributed by atoms with Crippen LogP contribution in [0.2, 0.25) is 0 Å². The molecule has 5 nitrogen and oxygen atoms in total. The Balaban J connectivity index is 2.53. The van der Waals surface area contributed by atoms with Crippen LogP contribution in [0, 0.1) is 13.8 Å². The molecule has 0 aliphatic heterocycles. The molecule has 1 heterocycles. The van der Waals surface area contributed by atoms with Gasteiger partial charge in [-0.15, -0.1) is 0 Å². The Morgan fingerprint density at radius 1 is 1.15 bits per heavy atom. The summed E-state index contributed by atoms with van der Waals surface area (Å²) in [5.41, 5.74) is 3.71. The molecule has 0 fully saturated rings. The molecule has 1 N–H and O–H groups in total. The molecule has 0 spiro atoms. The van der Waals surface area contributed by atoms with Crippen molar-refractivity contribution in [3.05, 3.63) is 17.0 Å². The number of aromatic nitrogens is 2. The molecule has 116 valence electrons. The third-order valence-electron chi connectivity index (χ3n) is 3.21. The average Bonchev–Trinajstić information content (AvgIpc) is 2.61. The first-order valence-electron chi connectivity index (χ1n) is 7.19. The van der Waals surface area contributed by atoms with E-state index in [1.807, 2.05) is 4.68 Å². The van der Waals surface area contributed by atoms with Gasteiger partial charge in [-0.2, -0.15) is 5.10 Å². The Morgan fingerprint density at radius 2 is 1.85 bits per heavy atom. The molecule has 0 aliphatic carbocycles. The molecular formula is C15H29N3O2. The zero-order valence-corrected chi connectivity index (χ0v) is 13.7. The summed E-state index contributed by atoms with van der Waals surface area (Å²) in [6.45, 7) is 14.3.